The van der Waals surface area contributed by atoms with Gasteiger partial charge in [0.2, 0.25) is 0 Å². The van der Waals surface area contributed by atoms with E-state index in [1.807, 2.05) is 42.5 Å². The Labute approximate surface area is 167 Å². The number of aryl methyl sites for hydroxylation is 3. The van der Waals surface area contributed by atoms with E-state index < -0.39 is 0 Å². The van der Waals surface area contributed by atoms with E-state index in [-0.39, 0.29) is 0 Å². The standard InChI is InChI=1S/C23H29N5/c1-17-7-5-12-24-22(17)20-9-4-10-21(23-18(2)8-6-13-25-23)28(20)14-11-19-15-27(3)16-26-19/h5-8,12-13,15-16,20-21H,4,9-11,14H2,1-3H3/t20-,21+. The van der Waals surface area contributed by atoms with Crippen molar-refractivity contribution in [1.29, 1.82) is 0 Å². The number of likely N-dealkylation sites (tertiary alicyclic amines) is 1. The van der Waals surface area contributed by atoms with Crippen LogP contribution in [0.2, 0.25) is 0 Å². The van der Waals surface area contributed by atoms with Crippen LogP contribution < -0.4 is 0 Å². The fourth-order valence-electron chi connectivity index (χ4n) is 4.49. The Hall–Kier alpha value is -2.53. The smallest absolute Gasteiger partial charge is 0.0946 e. The largest absolute Gasteiger partial charge is 0.340 e. The maximum Gasteiger partial charge on any atom is 0.0946 e. The molecule has 4 rings (SSSR count). The predicted octanol–water partition coefficient (Wildman–Crippen LogP) is 4.34. The highest BCUT2D eigenvalue weighted by atomic mass is 15.2. The third-order valence-corrected chi connectivity index (χ3v) is 5.87. The summed E-state index contributed by atoms with van der Waals surface area (Å²) in [7, 11) is 2.03. The molecule has 0 radical (unpaired) electrons. The Balaban J connectivity index is 1.68. The molecule has 4 heterocycles. The maximum absolute atomic E-state index is 4.78. The van der Waals surface area contributed by atoms with Gasteiger partial charge in [0, 0.05) is 38.6 Å². The molecule has 5 heteroatoms. The second kappa shape index (κ2) is 8.23. The third kappa shape index (κ3) is 3.85. The predicted molar refractivity (Wildman–Crippen MR) is 111 cm³/mol. The van der Waals surface area contributed by atoms with Gasteiger partial charge in [-0.25, -0.2) is 4.98 Å². The highest BCUT2D eigenvalue weighted by Gasteiger charge is 2.35. The van der Waals surface area contributed by atoms with Gasteiger partial charge >= 0.3 is 0 Å². The van der Waals surface area contributed by atoms with Crippen LogP contribution in [0.15, 0.2) is 49.2 Å². The lowest BCUT2D eigenvalue weighted by atomic mass is 9.88. The molecule has 3 aromatic rings. The average molecular weight is 376 g/mol. The lowest BCUT2D eigenvalue weighted by Gasteiger charge is -2.42. The Morgan fingerprint density at radius 3 is 2.04 bits per heavy atom. The van der Waals surface area contributed by atoms with Gasteiger partial charge in [0.15, 0.2) is 0 Å². The number of hydrogen-bond acceptors (Lipinski definition) is 4. The minimum Gasteiger partial charge on any atom is -0.340 e. The van der Waals surface area contributed by atoms with Crippen LogP contribution in [0.4, 0.5) is 0 Å². The van der Waals surface area contributed by atoms with Gasteiger partial charge in [-0.1, -0.05) is 12.1 Å². The van der Waals surface area contributed by atoms with Crippen LogP contribution in [-0.2, 0) is 13.5 Å². The minimum absolute atomic E-state index is 0.324. The highest BCUT2D eigenvalue weighted by molar-refractivity contribution is 5.26. The molecule has 1 aliphatic heterocycles. The van der Waals surface area contributed by atoms with E-state index >= 15 is 0 Å². The quantitative estimate of drug-likeness (QED) is 0.666. The van der Waals surface area contributed by atoms with Gasteiger partial charge < -0.3 is 4.57 Å². The van der Waals surface area contributed by atoms with Crippen molar-refractivity contribution in [3.63, 3.8) is 0 Å². The SMILES string of the molecule is Cc1cccnc1[C@H]1CCC[C@@H](c2ncccc2C)N1CCc1cn(C)cn1. The number of aromatic nitrogens is 4. The molecular formula is C23H29N5. The normalized spacial score (nSPS) is 20.4. The molecule has 1 saturated heterocycles. The van der Waals surface area contributed by atoms with E-state index in [0.717, 1.165) is 31.5 Å². The molecule has 0 saturated carbocycles. The summed E-state index contributed by atoms with van der Waals surface area (Å²) in [6.07, 6.45) is 12.3. The molecule has 0 aromatic carbocycles. The number of rotatable bonds is 5. The Morgan fingerprint density at radius 2 is 1.54 bits per heavy atom. The lowest BCUT2D eigenvalue weighted by Crippen LogP contribution is -2.39. The summed E-state index contributed by atoms with van der Waals surface area (Å²) in [5.74, 6) is 0. The Kier molecular flexibility index (Phi) is 5.53. The van der Waals surface area contributed by atoms with E-state index in [0.29, 0.717) is 12.1 Å². The summed E-state index contributed by atoms with van der Waals surface area (Å²) in [5.41, 5.74) is 6.10. The van der Waals surface area contributed by atoms with Crippen molar-refractivity contribution in [3.05, 3.63) is 77.4 Å². The molecule has 0 bridgehead atoms. The summed E-state index contributed by atoms with van der Waals surface area (Å²) in [6, 6.07) is 9.06. The van der Waals surface area contributed by atoms with Crippen molar-refractivity contribution in [2.24, 2.45) is 7.05 Å². The van der Waals surface area contributed by atoms with E-state index in [4.69, 9.17) is 9.97 Å². The Bertz CT molecular complexity index is 879. The van der Waals surface area contributed by atoms with Gasteiger partial charge in [-0.3, -0.25) is 14.9 Å². The first-order valence-corrected chi connectivity index (χ1v) is 10.2. The molecule has 0 amide bonds. The van der Waals surface area contributed by atoms with Crippen LogP contribution >= 0.6 is 0 Å². The molecule has 5 nitrogen and oxygen atoms in total. The zero-order chi connectivity index (χ0) is 19.5. The number of imidazole rings is 1. The summed E-state index contributed by atoms with van der Waals surface area (Å²) in [5, 5.41) is 0. The van der Waals surface area contributed by atoms with Gasteiger partial charge in [-0.05, 0) is 56.4 Å². The van der Waals surface area contributed by atoms with Crippen molar-refractivity contribution in [2.45, 2.75) is 51.6 Å². The molecule has 0 N–H and O–H groups in total. The first-order valence-electron chi connectivity index (χ1n) is 10.2. The molecule has 0 spiro atoms. The van der Waals surface area contributed by atoms with E-state index in [9.17, 15) is 0 Å². The van der Waals surface area contributed by atoms with E-state index in [1.165, 1.54) is 28.9 Å². The van der Waals surface area contributed by atoms with Crippen molar-refractivity contribution in [2.75, 3.05) is 6.54 Å². The summed E-state index contributed by atoms with van der Waals surface area (Å²) >= 11 is 0. The summed E-state index contributed by atoms with van der Waals surface area (Å²) in [6.45, 7) is 5.31. The molecule has 1 aliphatic rings. The topological polar surface area (TPSA) is 46.8 Å². The third-order valence-electron chi connectivity index (χ3n) is 5.87. The molecule has 28 heavy (non-hydrogen) atoms. The molecule has 3 aromatic heterocycles. The monoisotopic (exact) mass is 375 g/mol. The van der Waals surface area contributed by atoms with Crippen molar-refractivity contribution in [1.82, 2.24) is 24.4 Å². The number of pyridine rings is 2. The van der Waals surface area contributed by atoms with Crippen molar-refractivity contribution < 1.29 is 0 Å². The minimum atomic E-state index is 0.324. The van der Waals surface area contributed by atoms with E-state index in [1.54, 1.807) is 0 Å². The van der Waals surface area contributed by atoms with Gasteiger partial charge in [-0.15, -0.1) is 0 Å². The van der Waals surface area contributed by atoms with Crippen LogP contribution in [0, 0.1) is 13.8 Å². The van der Waals surface area contributed by atoms with Gasteiger partial charge in [0.1, 0.15) is 0 Å². The molecule has 0 aliphatic carbocycles. The second-order valence-corrected chi connectivity index (χ2v) is 7.89. The molecule has 2 atom stereocenters. The summed E-state index contributed by atoms with van der Waals surface area (Å²) < 4.78 is 2.02. The van der Waals surface area contributed by atoms with Crippen LogP contribution in [-0.4, -0.2) is 31.0 Å². The van der Waals surface area contributed by atoms with Crippen LogP contribution in [0.3, 0.4) is 0 Å². The fourth-order valence-corrected chi connectivity index (χ4v) is 4.49. The van der Waals surface area contributed by atoms with Crippen LogP contribution in [0.25, 0.3) is 0 Å². The van der Waals surface area contributed by atoms with Gasteiger partial charge in [0.05, 0.1) is 35.5 Å². The first-order chi connectivity index (χ1) is 13.6. The van der Waals surface area contributed by atoms with Gasteiger partial charge in [0.25, 0.3) is 0 Å². The average Bonchev–Trinajstić information content (AvgIpc) is 3.12. The lowest BCUT2D eigenvalue weighted by molar-refractivity contribution is 0.0772. The van der Waals surface area contributed by atoms with E-state index in [2.05, 4.69) is 42.1 Å². The highest BCUT2D eigenvalue weighted by Crippen LogP contribution is 2.41. The van der Waals surface area contributed by atoms with Crippen molar-refractivity contribution in [3.8, 4) is 0 Å². The number of hydrogen-bond donors (Lipinski definition) is 0. The number of nitrogens with zero attached hydrogens (tertiary/aromatic N) is 5. The molecule has 0 unspecified atom stereocenters. The zero-order valence-electron chi connectivity index (χ0n) is 17.0. The number of piperidine rings is 1. The van der Waals surface area contributed by atoms with Gasteiger partial charge in [-0.2, -0.15) is 0 Å². The Morgan fingerprint density at radius 1 is 0.929 bits per heavy atom. The van der Waals surface area contributed by atoms with Crippen LogP contribution in [0.5, 0.6) is 0 Å². The molecule has 1 fully saturated rings. The zero-order valence-corrected chi connectivity index (χ0v) is 17.0. The first kappa shape index (κ1) is 18.8. The fraction of sp³-hybridized carbons (Fsp3) is 0.435. The second-order valence-electron chi connectivity index (χ2n) is 7.89. The molecular weight excluding hydrogens is 346 g/mol. The van der Waals surface area contributed by atoms with Crippen molar-refractivity contribution >= 4 is 0 Å². The maximum atomic E-state index is 4.78. The molecule has 146 valence electrons. The summed E-state index contributed by atoms with van der Waals surface area (Å²) in [4.78, 5) is 16.7. The van der Waals surface area contributed by atoms with Crippen LogP contribution in [0.1, 0.15) is 59.6 Å².